The van der Waals surface area contributed by atoms with Crippen molar-refractivity contribution in [3.8, 4) is 0 Å². The molecule has 11 heavy (non-hydrogen) atoms. The van der Waals surface area contributed by atoms with Gasteiger partial charge < -0.3 is 22.7 Å². The molecule has 0 aliphatic carbocycles. The molecule has 0 bridgehead atoms. The number of hydrogen-bond acceptors (Lipinski definition) is 0. The van der Waals surface area contributed by atoms with Crippen LogP contribution in [0, 0.1) is 5.82 Å². The van der Waals surface area contributed by atoms with E-state index in [-0.39, 0.29) is 22.8 Å². The van der Waals surface area contributed by atoms with Crippen LogP contribution in [0.5, 0.6) is 0 Å². The first-order chi connectivity index (χ1) is 4.83. The first-order valence-electron chi connectivity index (χ1n) is 3.36. The Hall–Kier alpha value is -0.410. The third kappa shape index (κ3) is 3.49. The van der Waals surface area contributed by atoms with Gasteiger partial charge in [0, 0.05) is 6.42 Å². The topological polar surface area (TPSA) is 27.6 Å². The van der Waals surface area contributed by atoms with E-state index in [0.29, 0.717) is 0 Å². The van der Waals surface area contributed by atoms with Crippen LogP contribution in [0.3, 0.4) is 0 Å². The predicted octanol–water partition coefficient (Wildman–Crippen LogP) is -2.39. The van der Waals surface area contributed by atoms with Gasteiger partial charge >= 0.3 is 0 Å². The monoisotopic (exact) mass is 219 g/mol. The van der Waals surface area contributed by atoms with Crippen molar-refractivity contribution >= 4 is 0 Å². The second-order valence-electron chi connectivity index (χ2n) is 2.23. The number of hydrogen-bond donors (Lipinski definition) is 1. The highest BCUT2D eigenvalue weighted by molar-refractivity contribution is 5.15. The maximum atomic E-state index is 12.3. The van der Waals surface area contributed by atoms with E-state index in [0.717, 1.165) is 18.5 Å². The maximum Gasteiger partial charge on any atom is 0.123 e. The van der Waals surface area contributed by atoms with Gasteiger partial charge in [0.2, 0.25) is 0 Å². The molecule has 3 N–H and O–H groups in total. The Morgan fingerprint density at radius 3 is 2.18 bits per heavy atom. The Bertz CT molecular complexity index is 198. The zero-order chi connectivity index (χ0) is 7.40. The number of benzene rings is 1. The van der Waals surface area contributed by atoms with E-state index < -0.39 is 0 Å². The van der Waals surface area contributed by atoms with Gasteiger partial charge in [-0.15, -0.1) is 0 Å². The Kier molecular flexibility index (Phi) is 5.07. The molecule has 0 spiro atoms. The van der Waals surface area contributed by atoms with E-state index in [4.69, 9.17) is 0 Å². The highest BCUT2D eigenvalue weighted by Crippen LogP contribution is 2.01. The molecular weight excluding hydrogens is 209 g/mol. The molecule has 0 fully saturated rings. The first kappa shape index (κ1) is 10.6. The third-order valence-corrected chi connectivity index (χ3v) is 1.38. The van der Waals surface area contributed by atoms with Crippen LogP contribution in [-0.2, 0) is 6.42 Å². The van der Waals surface area contributed by atoms with Crippen molar-refractivity contribution in [2.75, 3.05) is 6.54 Å². The molecule has 0 heterocycles. The molecule has 1 aromatic carbocycles. The molecule has 0 amide bonds. The molecule has 0 saturated heterocycles. The summed E-state index contributed by atoms with van der Waals surface area (Å²) < 4.78 is 12.3. The van der Waals surface area contributed by atoms with Crippen molar-refractivity contribution in [2.45, 2.75) is 6.42 Å². The minimum absolute atomic E-state index is 0. The summed E-state index contributed by atoms with van der Waals surface area (Å²) in [5.41, 5.74) is 4.86. The van der Waals surface area contributed by atoms with Crippen molar-refractivity contribution in [3.05, 3.63) is 35.6 Å². The van der Waals surface area contributed by atoms with E-state index in [2.05, 4.69) is 5.73 Å². The molecular formula is C8H11BrFN. The van der Waals surface area contributed by atoms with Crippen molar-refractivity contribution in [3.63, 3.8) is 0 Å². The molecule has 1 nitrogen and oxygen atoms in total. The second-order valence-corrected chi connectivity index (χ2v) is 2.23. The standard InChI is InChI=1S/C8H10FN.BrH/c9-8-3-1-7(2-4-8)5-6-10;/h1-4H,5-6,10H2;1H. The fourth-order valence-corrected chi connectivity index (χ4v) is 0.855. The first-order valence-corrected chi connectivity index (χ1v) is 3.36. The largest absolute Gasteiger partial charge is 1.00 e. The minimum Gasteiger partial charge on any atom is -1.00 e. The van der Waals surface area contributed by atoms with E-state index in [1.807, 2.05) is 0 Å². The van der Waals surface area contributed by atoms with Crippen LogP contribution in [-0.4, -0.2) is 6.54 Å². The summed E-state index contributed by atoms with van der Waals surface area (Å²) >= 11 is 0. The lowest BCUT2D eigenvalue weighted by Crippen LogP contribution is -3.00. The Labute approximate surface area is 76.2 Å². The van der Waals surface area contributed by atoms with Crippen molar-refractivity contribution < 1.29 is 27.1 Å². The van der Waals surface area contributed by atoms with E-state index >= 15 is 0 Å². The number of quaternary nitrogens is 1. The summed E-state index contributed by atoms with van der Waals surface area (Å²) in [5.74, 6) is -0.173. The van der Waals surface area contributed by atoms with Crippen LogP contribution in [0.25, 0.3) is 0 Å². The second kappa shape index (κ2) is 5.27. The lowest BCUT2D eigenvalue weighted by molar-refractivity contribution is -0.366. The number of halogens is 2. The van der Waals surface area contributed by atoms with Gasteiger partial charge in [-0.25, -0.2) is 4.39 Å². The van der Waals surface area contributed by atoms with Crippen molar-refractivity contribution in [1.29, 1.82) is 0 Å². The summed E-state index contributed by atoms with van der Waals surface area (Å²) in [4.78, 5) is 0. The van der Waals surface area contributed by atoms with Gasteiger partial charge in [-0.3, -0.25) is 0 Å². The Morgan fingerprint density at radius 1 is 1.18 bits per heavy atom. The van der Waals surface area contributed by atoms with Gasteiger partial charge in [-0.2, -0.15) is 0 Å². The lowest BCUT2D eigenvalue weighted by Gasteiger charge is -1.94. The summed E-state index contributed by atoms with van der Waals surface area (Å²) in [5, 5.41) is 0. The van der Waals surface area contributed by atoms with Crippen LogP contribution in [0.4, 0.5) is 4.39 Å². The highest BCUT2D eigenvalue weighted by Gasteiger charge is 1.91. The third-order valence-electron chi connectivity index (χ3n) is 1.38. The van der Waals surface area contributed by atoms with Gasteiger partial charge in [-0.05, 0) is 17.7 Å². The smallest absolute Gasteiger partial charge is 0.123 e. The van der Waals surface area contributed by atoms with E-state index in [1.165, 1.54) is 12.1 Å². The van der Waals surface area contributed by atoms with Crippen molar-refractivity contribution in [1.82, 2.24) is 0 Å². The lowest BCUT2D eigenvalue weighted by atomic mass is 10.1. The van der Waals surface area contributed by atoms with Gasteiger partial charge in [0.25, 0.3) is 0 Å². The molecule has 0 atom stereocenters. The Balaban J connectivity index is 0.000001000. The SMILES string of the molecule is [Br-].[NH3+]CCc1ccc(F)cc1. The quantitative estimate of drug-likeness (QED) is 0.576. The Morgan fingerprint density at radius 2 is 1.73 bits per heavy atom. The predicted molar refractivity (Wildman–Crippen MR) is 37.9 cm³/mol. The summed E-state index contributed by atoms with van der Waals surface area (Å²) in [6.45, 7) is 0.867. The fraction of sp³-hybridized carbons (Fsp3) is 0.250. The summed E-state index contributed by atoms with van der Waals surface area (Å²) in [6.07, 6.45) is 0.931. The van der Waals surface area contributed by atoms with Gasteiger partial charge in [-0.1, -0.05) is 12.1 Å². The molecule has 62 valence electrons. The molecule has 0 aliphatic heterocycles. The zero-order valence-corrected chi connectivity index (χ0v) is 7.77. The molecule has 3 heteroatoms. The van der Waals surface area contributed by atoms with Gasteiger partial charge in [0.1, 0.15) is 5.82 Å². The maximum absolute atomic E-state index is 12.3. The molecule has 1 aromatic rings. The minimum atomic E-state index is -0.173. The van der Waals surface area contributed by atoms with Crippen LogP contribution in [0.1, 0.15) is 5.56 Å². The van der Waals surface area contributed by atoms with Gasteiger partial charge in [0.05, 0.1) is 6.54 Å². The average Bonchev–Trinajstić information content (AvgIpc) is 1.95. The summed E-state index contributed by atoms with van der Waals surface area (Å²) in [7, 11) is 0. The van der Waals surface area contributed by atoms with Crippen molar-refractivity contribution in [2.24, 2.45) is 0 Å². The summed E-state index contributed by atoms with van der Waals surface area (Å²) in [6, 6.07) is 6.54. The fourth-order valence-electron chi connectivity index (χ4n) is 0.855. The highest BCUT2D eigenvalue weighted by atomic mass is 79.9. The molecule has 0 aromatic heterocycles. The van der Waals surface area contributed by atoms with Crippen LogP contribution in [0.2, 0.25) is 0 Å². The molecule has 0 aliphatic rings. The van der Waals surface area contributed by atoms with Crippen LogP contribution < -0.4 is 22.7 Å². The molecule has 0 radical (unpaired) electrons. The normalized spacial score (nSPS) is 8.91. The average molecular weight is 220 g/mol. The van der Waals surface area contributed by atoms with E-state index in [1.54, 1.807) is 12.1 Å². The van der Waals surface area contributed by atoms with Crippen LogP contribution in [0.15, 0.2) is 24.3 Å². The zero-order valence-electron chi connectivity index (χ0n) is 6.19. The number of rotatable bonds is 2. The molecule has 0 saturated carbocycles. The van der Waals surface area contributed by atoms with E-state index in [9.17, 15) is 4.39 Å². The molecule has 1 rings (SSSR count). The molecule has 0 unspecified atom stereocenters. The van der Waals surface area contributed by atoms with Crippen LogP contribution >= 0.6 is 0 Å². The van der Waals surface area contributed by atoms with Gasteiger partial charge in [0.15, 0.2) is 0 Å².